The van der Waals surface area contributed by atoms with Crippen LogP contribution in [0, 0.1) is 6.92 Å². The Labute approximate surface area is 123 Å². The second kappa shape index (κ2) is 5.18. The lowest BCUT2D eigenvalue weighted by atomic mass is 9.96. The smallest absolute Gasteiger partial charge is 0.416 e. The topological polar surface area (TPSA) is 50.2 Å². The molecule has 1 N–H and O–H groups in total. The number of hydrogen-bond donors (Lipinski definition) is 1. The van der Waals surface area contributed by atoms with Gasteiger partial charge in [0.25, 0.3) is 0 Å². The molecule has 1 aromatic heterocycles. The molecule has 0 bridgehead atoms. The third kappa shape index (κ3) is 2.68. The number of benzene rings is 1. The predicted molar refractivity (Wildman–Crippen MR) is 72.8 cm³/mol. The monoisotopic (exact) mass is 317 g/mol. The summed E-state index contributed by atoms with van der Waals surface area (Å²) < 4.78 is 38.7. The molecule has 3 nitrogen and oxygen atoms in total. The van der Waals surface area contributed by atoms with Gasteiger partial charge in [0.2, 0.25) is 0 Å². The van der Waals surface area contributed by atoms with Crippen molar-refractivity contribution >= 4 is 28.5 Å². The summed E-state index contributed by atoms with van der Waals surface area (Å²) in [5, 5.41) is 9.25. The lowest BCUT2D eigenvalue weighted by molar-refractivity contribution is -0.137. The van der Waals surface area contributed by atoms with Gasteiger partial charge in [-0.15, -0.1) is 0 Å². The van der Waals surface area contributed by atoms with Crippen molar-refractivity contribution in [2.45, 2.75) is 26.4 Å². The predicted octanol–water partition coefficient (Wildman–Crippen LogP) is 4.48. The summed E-state index contributed by atoms with van der Waals surface area (Å²) in [5.74, 6) is -1.26. The van der Waals surface area contributed by atoms with E-state index in [0.717, 1.165) is 12.1 Å². The van der Waals surface area contributed by atoms with Crippen LogP contribution in [0.25, 0.3) is 10.9 Å². The number of nitrogens with zero attached hydrogens (tertiary/aromatic N) is 1. The van der Waals surface area contributed by atoms with Crippen LogP contribution in [0.15, 0.2) is 12.1 Å². The second-order valence-electron chi connectivity index (χ2n) is 4.59. The number of carbonyl (C=O) groups is 1. The minimum absolute atomic E-state index is 0.0502. The third-order valence-corrected chi connectivity index (χ3v) is 3.57. The first kappa shape index (κ1) is 15.6. The van der Waals surface area contributed by atoms with Gasteiger partial charge in [-0.05, 0) is 36.6 Å². The molecule has 0 unspecified atom stereocenters. The maximum absolute atomic E-state index is 12.9. The molecule has 21 heavy (non-hydrogen) atoms. The molecule has 0 fully saturated rings. The number of halogens is 4. The highest BCUT2D eigenvalue weighted by Crippen LogP contribution is 2.36. The van der Waals surface area contributed by atoms with Crippen LogP contribution in [-0.2, 0) is 12.6 Å². The molecule has 0 spiro atoms. The highest BCUT2D eigenvalue weighted by Gasteiger charge is 2.32. The van der Waals surface area contributed by atoms with E-state index in [1.54, 1.807) is 6.92 Å². The number of carboxylic acid groups (broad SMARTS) is 1. The zero-order chi connectivity index (χ0) is 15.9. The Morgan fingerprint density at radius 1 is 1.38 bits per heavy atom. The number of carboxylic acids is 1. The molecule has 7 heteroatoms. The van der Waals surface area contributed by atoms with Crippen LogP contribution in [0.1, 0.15) is 34.0 Å². The van der Waals surface area contributed by atoms with Gasteiger partial charge in [0.1, 0.15) is 10.7 Å². The van der Waals surface area contributed by atoms with Crippen LogP contribution in [0.3, 0.4) is 0 Å². The number of fused-ring (bicyclic) bond motifs is 1. The summed E-state index contributed by atoms with van der Waals surface area (Å²) in [6, 6.07) is 1.91. The fourth-order valence-electron chi connectivity index (χ4n) is 2.34. The van der Waals surface area contributed by atoms with Crippen molar-refractivity contribution in [3.05, 3.63) is 39.5 Å². The Bertz CT molecular complexity index is 741. The van der Waals surface area contributed by atoms with Crippen LogP contribution in [0.4, 0.5) is 13.2 Å². The van der Waals surface area contributed by atoms with Crippen LogP contribution >= 0.6 is 11.6 Å². The summed E-state index contributed by atoms with van der Waals surface area (Å²) >= 11 is 5.79. The SMILES string of the molecule is CCc1cc(C(F)(F)F)cc2nc(Cl)c(C(=O)O)c(C)c12. The van der Waals surface area contributed by atoms with E-state index >= 15 is 0 Å². The van der Waals surface area contributed by atoms with Crippen molar-refractivity contribution < 1.29 is 23.1 Å². The molecule has 0 aliphatic heterocycles. The number of hydrogen-bond acceptors (Lipinski definition) is 2. The van der Waals surface area contributed by atoms with Gasteiger partial charge in [-0.1, -0.05) is 18.5 Å². The minimum atomic E-state index is -4.49. The Balaban J connectivity index is 2.92. The molecule has 2 aromatic rings. The van der Waals surface area contributed by atoms with E-state index in [9.17, 15) is 18.0 Å². The van der Waals surface area contributed by atoms with Crippen molar-refractivity contribution in [2.24, 2.45) is 0 Å². The standard InChI is InChI=1S/C14H11ClF3NO2/c1-3-7-4-8(14(16,17)18)5-9-10(7)6(2)11(13(20)21)12(15)19-9/h4-5H,3H2,1-2H3,(H,20,21). The second-order valence-corrected chi connectivity index (χ2v) is 4.95. The molecule has 2 rings (SSSR count). The van der Waals surface area contributed by atoms with Gasteiger partial charge in [-0.2, -0.15) is 13.2 Å². The Kier molecular flexibility index (Phi) is 3.84. The number of aromatic carboxylic acids is 1. The van der Waals surface area contributed by atoms with Crippen LogP contribution in [0.2, 0.25) is 5.15 Å². The van der Waals surface area contributed by atoms with E-state index in [0.29, 0.717) is 22.9 Å². The highest BCUT2D eigenvalue weighted by atomic mass is 35.5. The zero-order valence-corrected chi connectivity index (χ0v) is 11.9. The van der Waals surface area contributed by atoms with Crippen LogP contribution in [0.5, 0.6) is 0 Å². The normalized spacial score (nSPS) is 11.9. The molecular weight excluding hydrogens is 307 g/mol. The maximum Gasteiger partial charge on any atom is 0.416 e. The Morgan fingerprint density at radius 3 is 2.48 bits per heavy atom. The maximum atomic E-state index is 12.9. The molecule has 0 saturated heterocycles. The van der Waals surface area contributed by atoms with E-state index in [2.05, 4.69) is 4.98 Å². The third-order valence-electron chi connectivity index (χ3n) is 3.30. The first-order valence-electron chi connectivity index (χ1n) is 6.10. The summed E-state index contributed by atoms with van der Waals surface area (Å²) in [6.45, 7) is 3.22. The average Bonchev–Trinajstić information content (AvgIpc) is 2.35. The van der Waals surface area contributed by atoms with Crippen molar-refractivity contribution in [3.63, 3.8) is 0 Å². The van der Waals surface area contributed by atoms with E-state index in [4.69, 9.17) is 16.7 Å². The average molecular weight is 318 g/mol. The van der Waals surface area contributed by atoms with Gasteiger partial charge in [0.15, 0.2) is 0 Å². The van der Waals surface area contributed by atoms with Gasteiger partial charge in [-0.25, -0.2) is 9.78 Å². The molecule has 1 aromatic carbocycles. The lowest BCUT2D eigenvalue weighted by Gasteiger charge is -2.15. The molecule has 0 atom stereocenters. The fourth-order valence-corrected chi connectivity index (χ4v) is 2.65. The molecule has 0 aliphatic rings. The van der Waals surface area contributed by atoms with E-state index in [1.807, 2.05) is 0 Å². The number of alkyl halides is 3. The molecule has 0 amide bonds. The van der Waals surface area contributed by atoms with Gasteiger partial charge < -0.3 is 5.11 Å². The summed E-state index contributed by atoms with van der Waals surface area (Å²) in [6.07, 6.45) is -4.17. The van der Waals surface area contributed by atoms with E-state index in [-0.39, 0.29) is 16.2 Å². The van der Waals surface area contributed by atoms with Gasteiger partial charge in [0.05, 0.1) is 11.1 Å². The lowest BCUT2D eigenvalue weighted by Crippen LogP contribution is -2.09. The Hall–Kier alpha value is -1.82. The van der Waals surface area contributed by atoms with Crippen LogP contribution in [-0.4, -0.2) is 16.1 Å². The van der Waals surface area contributed by atoms with E-state index in [1.165, 1.54) is 6.92 Å². The van der Waals surface area contributed by atoms with Gasteiger partial charge in [-0.3, -0.25) is 0 Å². The summed E-state index contributed by atoms with van der Waals surface area (Å²) in [5.41, 5.74) is -0.238. The largest absolute Gasteiger partial charge is 0.478 e. The number of pyridine rings is 1. The molecule has 0 saturated carbocycles. The number of aromatic nitrogens is 1. The Morgan fingerprint density at radius 2 is 2.00 bits per heavy atom. The number of rotatable bonds is 2. The first-order chi connectivity index (χ1) is 9.66. The molecule has 0 radical (unpaired) electrons. The number of aryl methyl sites for hydroxylation is 2. The van der Waals surface area contributed by atoms with Crippen molar-refractivity contribution in [3.8, 4) is 0 Å². The fraction of sp³-hybridized carbons (Fsp3) is 0.286. The molecule has 112 valence electrons. The quantitative estimate of drug-likeness (QED) is 0.831. The van der Waals surface area contributed by atoms with Crippen molar-refractivity contribution in [1.29, 1.82) is 0 Å². The molecule has 1 heterocycles. The first-order valence-corrected chi connectivity index (χ1v) is 6.47. The summed E-state index contributed by atoms with van der Waals surface area (Å²) in [4.78, 5) is 15.0. The van der Waals surface area contributed by atoms with Crippen LogP contribution < -0.4 is 0 Å². The molecular formula is C14H11ClF3NO2. The van der Waals surface area contributed by atoms with Crippen molar-refractivity contribution in [1.82, 2.24) is 4.98 Å². The van der Waals surface area contributed by atoms with Crippen molar-refractivity contribution in [2.75, 3.05) is 0 Å². The zero-order valence-electron chi connectivity index (χ0n) is 11.2. The van der Waals surface area contributed by atoms with E-state index < -0.39 is 17.7 Å². The highest BCUT2D eigenvalue weighted by molar-refractivity contribution is 6.33. The van der Waals surface area contributed by atoms with Gasteiger partial charge in [0, 0.05) is 5.39 Å². The van der Waals surface area contributed by atoms with Gasteiger partial charge >= 0.3 is 12.1 Å². The summed E-state index contributed by atoms with van der Waals surface area (Å²) in [7, 11) is 0. The molecule has 0 aliphatic carbocycles. The minimum Gasteiger partial charge on any atom is -0.478 e.